The van der Waals surface area contributed by atoms with Crippen molar-refractivity contribution in [3.63, 3.8) is 0 Å². The summed E-state index contributed by atoms with van der Waals surface area (Å²) in [4.78, 5) is 12.6. The molecule has 1 heterocycles. The molecule has 4 aliphatic carbocycles. The first-order valence-corrected chi connectivity index (χ1v) is 13.1. The van der Waals surface area contributed by atoms with E-state index in [-0.39, 0.29) is 18.3 Å². The Morgan fingerprint density at radius 1 is 1.06 bits per heavy atom. The number of ether oxygens (including phenoxy) is 2. The molecule has 2 bridgehead atoms. The lowest BCUT2D eigenvalue weighted by molar-refractivity contribution is -0.344. The SMILES string of the molecule is C=C1[C@@H]2CC[C@@H]3[C@](C2)(C(O[C@@H]2O[C@H](CO)[C@@H](O)[C@H](O)[C@H]2O)C[C@H]2[C@@]3(C)[C@@H](O)CC[C@@]2(C)C(=O)O)[C@@H]1O. The fourth-order valence-corrected chi connectivity index (χ4v) is 8.96. The van der Waals surface area contributed by atoms with E-state index in [0.29, 0.717) is 31.3 Å². The van der Waals surface area contributed by atoms with E-state index in [1.54, 1.807) is 6.92 Å². The number of carbonyl (C=O) groups is 1. The first kappa shape index (κ1) is 26.5. The molecule has 4 saturated carbocycles. The Morgan fingerprint density at radius 3 is 2.39 bits per heavy atom. The van der Waals surface area contributed by atoms with Gasteiger partial charge in [-0.1, -0.05) is 13.5 Å². The van der Waals surface area contributed by atoms with Gasteiger partial charge in [-0.25, -0.2) is 0 Å². The van der Waals surface area contributed by atoms with Crippen LogP contribution >= 0.6 is 0 Å². The van der Waals surface area contributed by atoms with Gasteiger partial charge in [-0.3, -0.25) is 4.79 Å². The molecule has 1 spiro atoms. The molecule has 1 aliphatic heterocycles. The molecule has 10 heteroatoms. The van der Waals surface area contributed by atoms with E-state index in [2.05, 4.69) is 6.58 Å². The predicted octanol–water partition coefficient (Wildman–Crippen LogP) is -0.223. The van der Waals surface area contributed by atoms with E-state index in [0.717, 1.165) is 6.42 Å². The van der Waals surface area contributed by atoms with E-state index in [1.165, 1.54) is 0 Å². The second-order valence-corrected chi connectivity index (χ2v) is 12.4. The van der Waals surface area contributed by atoms with Gasteiger partial charge < -0.3 is 45.2 Å². The van der Waals surface area contributed by atoms with Gasteiger partial charge in [0.25, 0.3) is 0 Å². The topological polar surface area (TPSA) is 177 Å². The molecule has 0 amide bonds. The number of hydrogen-bond acceptors (Lipinski definition) is 9. The average molecular weight is 513 g/mol. The summed E-state index contributed by atoms with van der Waals surface area (Å²) in [6, 6.07) is 0. The smallest absolute Gasteiger partial charge is 0.309 e. The second kappa shape index (κ2) is 8.71. The zero-order valence-electron chi connectivity index (χ0n) is 20.9. The van der Waals surface area contributed by atoms with Crippen molar-refractivity contribution in [3.05, 3.63) is 12.2 Å². The highest BCUT2D eigenvalue weighted by Crippen LogP contribution is 2.72. The largest absolute Gasteiger partial charge is 0.481 e. The molecule has 0 aromatic heterocycles. The normalized spacial score (nSPS) is 56.7. The predicted molar refractivity (Wildman–Crippen MR) is 124 cm³/mol. The third kappa shape index (κ3) is 3.29. The van der Waals surface area contributed by atoms with Crippen LogP contribution in [0.15, 0.2) is 12.2 Å². The van der Waals surface area contributed by atoms with Gasteiger partial charge in [0.15, 0.2) is 6.29 Å². The summed E-state index contributed by atoms with van der Waals surface area (Å²) < 4.78 is 12.0. The maximum absolute atomic E-state index is 12.6. The summed E-state index contributed by atoms with van der Waals surface area (Å²) in [6.07, 6.45) is -6.98. The van der Waals surface area contributed by atoms with Crippen molar-refractivity contribution >= 4 is 5.97 Å². The highest BCUT2D eigenvalue weighted by Gasteiger charge is 2.73. The van der Waals surface area contributed by atoms with Gasteiger partial charge >= 0.3 is 5.97 Å². The van der Waals surface area contributed by atoms with Crippen molar-refractivity contribution < 1.29 is 50.0 Å². The van der Waals surface area contributed by atoms with Crippen LogP contribution in [-0.2, 0) is 14.3 Å². The molecule has 1 saturated heterocycles. The standard InChI is InChI=1S/C26H40O10/c1-11-12-4-5-14-25(3)15(24(2,23(33)34)7-6-16(25)28)8-17(26(14,9-12)21(11)32)36-22-20(31)19(30)18(29)13(10-27)35-22/h12-22,27-32H,1,4-10H2,2-3H3,(H,33,34)/t12-,13-,14+,15-,16+,17?,18-,19+,20-,21-,22+,24-,25+,26-/m1/s1. The van der Waals surface area contributed by atoms with E-state index >= 15 is 0 Å². The van der Waals surface area contributed by atoms with Crippen LogP contribution in [0.4, 0.5) is 0 Å². The molecule has 204 valence electrons. The lowest BCUT2D eigenvalue weighted by atomic mass is 9.39. The van der Waals surface area contributed by atoms with Gasteiger partial charge in [0, 0.05) is 10.8 Å². The van der Waals surface area contributed by atoms with Crippen molar-refractivity contribution in [2.45, 2.75) is 101 Å². The molecule has 10 nitrogen and oxygen atoms in total. The van der Waals surface area contributed by atoms with E-state index in [4.69, 9.17) is 9.47 Å². The third-order valence-corrected chi connectivity index (χ3v) is 11.0. The van der Waals surface area contributed by atoms with E-state index < -0.39 is 83.8 Å². The molecule has 5 rings (SSSR count). The Morgan fingerprint density at radius 2 is 1.75 bits per heavy atom. The molecule has 7 N–H and O–H groups in total. The first-order chi connectivity index (χ1) is 16.8. The monoisotopic (exact) mass is 512 g/mol. The number of aliphatic carboxylic acids is 1. The fourth-order valence-electron chi connectivity index (χ4n) is 8.96. The van der Waals surface area contributed by atoms with Crippen LogP contribution in [0.1, 0.15) is 52.4 Å². The second-order valence-electron chi connectivity index (χ2n) is 12.4. The Labute approximate surface area is 210 Å². The summed E-state index contributed by atoms with van der Waals surface area (Å²) in [7, 11) is 0. The van der Waals surface area contributed by atoms with Gasteiger partial charge in [-0.15, -0.1) is 0 Å². The van der Waals surface area contributed by atoms with Crippen LogP contribution in [0.5, 0.6) is 0 Å². The van der Waals surface area contributed by atoms with Crippen molar-refractivity contribution in [1.82, 2.24) is 0 Å². The van der Waals surface area contributed by atoms with Gasteiger partial charge in [0.05, 0.1) is 30.3 Å². The molecule has 5 aliphatic rings. The Hall–Kier alpha value is -1.11. The molecule has 1 unspecified atom stereocenters. The zero-order valence-corrected chi connectivity index (χ0v) is 20.9. The van der Waals surface area contributed by atoms with Crippen molar-refractivity contribution in [2.24, 2.45) is 34.0 Å². The van der Waals surface area contributed by atoms with Crippen molar-refractivity contribution in [3.8, 4) is 0 Å². The van der Waals surface area contributed by atoms with Crippen molar-refractivity contribution in [1.29, 1.82) is 0 Å². The summed E-state index contributed by atoms with van der Waals surface area (Å²) in [5, 5.41) is 74.2. The van der Waals surface area contributed by atoms with E-state index in [9.17, 15) is 40.5 Å². The van der Waals surface area contributed by atoms with Gasteiger partial charge in [-0.05, 0) is 68.8 Å². The number of aliphatic hydroxyl groups excluding tert-OH is 6. The molecular weight excluding hydrogens is 472 g/mol. The van der Waals surface area contributed by atoms with E-state index in [1.807, 2.05) is 6.92 Å². The quantitative estimate of drug-likeness (QED) is 0.197. The summed E-state index contributed by atoms with van der Waals surface area (Å²) in [6.45, 7) is 7.22. The maximum Gasteiger partial charge on any atom is 0.309 e. The number of carboxylic acids is 1. The molecule has 5 fully saturated rings. The lowest BCUT2D eigenvalue weighted by Gasteiger charge is -2.67. The number of hydrogen-bond donors (Lipinski definition) is 7. The van der Waals surface area contributed by atoms with Gasteiger partial charge in [-0.2, -0.15) is 0 Å². The minimum Gasteiger partial charge on any atom is -0.481 e. The van der Waals surface area contributed by atoms with Crippen LogP contribution < -0.4 is 0 Å². The molecule has 0 aromatic rings. The van der Waals surface area contributed by atoms with Crippen LogP contribution in [-0.4, -0.2) is 97.3 Å². The molecule has 36 heavy (non-hydrogen) atoms. The zero-order chi connectivity index (χ0) is 26.4. The number of rotatable bonds is 4. The Kier molecular flexibility index (Phi) is 6.41. The summed E-state index contributed by atoms with van der Waals surface area (Å²) >= 11 is 0. The lowest BCUT2D eigenvalue weighted by Crippen LogP contribution is -2.70. The fraction of sp³-hybridized carbons (Fsp3) is 0.885. The number of aliphatic hydroxyl groups is 6. The van der Waals surface area contributed by atoms with Gasteiger partial charge in [0.2, 0.25) is 0 Å². The summed E-state index contributed by atoms with van der Waals surface area (Å²) in [5.74, 6) is -1.66. The highest BCUT2D eigenvalue weighted by atomic mass is 16.7. The Bertz CT molecular complexity index is 909. The highest BCUT2D eigenvalue weighted by molar-refractivity contribution is 5.75. The summed E-state index contributed by atoms with van der Waals surface area (Å²) in [5.41, 5.74) is -2.11. The van der Waals surface area contributed by atoms with Crippen LogP contribution in [0.3, 0.4) is 0 Å². The molecule has 14 atom stereocenters. The molecule has 0 radical (unpaired) electrons. The molecular formula is C26H40O10. The average Bonchev–Trinajstić information content (AvgIpc) is 3.03. The third-order valence-electron chi connectivity index (χ3n) is 11.0. The maximum atomic E-state index is 12.6. The van der Waals surface area contributed by atoms with Crippen LogP contribution in [0, 0.1) is 34.0 Å². The first-order valence-electron chi connectivity index (χ1n) is 13.1. The van der Waals surface area contributed by atoms with Crippen LogP contribution in [0.25, 0.3) is 0 Å². The van der Waals surface area contributed by atoms with Crippen molar-refractivity contribution in [2.75, 3.05) is 6.61 Å². The minimum absolute atomic E-state index is 0.0592. The van der Waals surface area contributed by atoms with Gasteiger partial charge in [0.1, 0.15) is 24.4 Å². The number of carboxylic acid groups (broad SMARTS) is 1. The van der Waals surface area contributed by atoms with Crippen LogP contribution in [0.2, 0.25) is 0 Å². The minimum atomic E-state index is -1.62. The number of fused-ring (bicyclic) bond motifs is 3. The Balaban J connectivity index is 1.59. The molecule has 0 aromatic carbocycles.